The van der Waals surface area contributed by atoms with Crippen molar-refractivity contribution in [3.8, 4) is 6.07 Å². The molecule has 1 nitrogen and oxygen atoms in total. The first-order chi connectivity index (χ1) is 10.3. The Morgan fingerprint density at radius 2 is 1.67 bits per heavy atom. The van der Waals surface area contributed by atoms with E-state index in [-0.39, 0.29) is 0 Å². The molecule has 0 amide bonds. The maximum absolute atomic E-state index is 8.58. The molecule has 0 heterocycles. The van der Waals surface area contributed by atoms with Crippen LogP contribution in [0.1, 0.15) is 56.6 Å². The van der Waals surface area contributed by atoms with Crippen molar-refractivity contribution in [2.24, 2.45) is 11.8 Å². The van der Waals surface area contributed by atoms with E-state index in [1.807, 2.05) is 0 Å². The lowest BCUT2D eigenvalue weighted by Gasteiger charge is -2.26. The molecule has 1 aromatic rings. The molecule has 0 aromatic heterocycles. The average molecular weight is 281 g/mol. The summed E-state index contributed by atoms with van der Waals surface area (Å²) < 4.78 is 0. The van der Waals surface area contributed by atoms with Crippen molar-refractivity contribution in [3.05, 3.63) is 47.5 Å². The molecule has 0 radical (unpaired) electrons. The third-order valence-corrected chi connectivity index (χ3v) is 4.74. The largest absolute Gasteiger partial charge is 0.193 e. The summed E-state index contributed by atoms with van der Waals surface area (Å²) in [5.74, 6) is 1.53. The molecular weight excluding hydrogens is 254 g/mol. The number of nitrogens with zero attached hydrogens (tertiary/aromatic N) is 1. The van der Waals surface area contributed by atoms with Crippen LogP contribution in [0.5, 0.6) is 0 Å². The Bertz CT molecular complexity index is 470. The van der Waals surface area contributed by atoms with E-state index in [1.165, 1.54) is 62.5 Å². The molecule has 0 unspecified atom stereocenters. The Morgan fingerprint density at radius 3 is 2.24 bits per heavy atom. The van der Waals surface area contributed by atoms with Gasteiger partial charge < -0.3 is 0 Å². The van der Waals surface area contributed by atoms with E-state index in [9.17, 15) is 0 Å². The summed E-state index contributed by atoms with van der Waals surface area (Å²) in [7, 11) is 0. The van der Waals surface area contributed by atoms with Gasteiger partial charge in [0.05, 0.1) is 6.07 Å². The highest BCUT2D eigenvalue weighted by Gasteiger charge is 2.19. The molecule has 0 aliphatic heterocycles. The van der Waals surface area contributed by atoms with Crippen LogP contribution in [0.2, 0.25) is 0 Å². The fourth-order valence-corrected chi connectivity index (χ4v) is 3.38. The van der Waals surface area contributed by atoms with Crippen LogP contribution in [-0.4, -0.2) is 0 Å². The van der Waals surface area contributed by atoms with Crippen molar-refractivity contribution in [1.82, 2.24) is 0 Å². The molecule has 0 spiro atoms. The van der Waals surface area contributed by atoms with E-state index in [4.69, 9.17) is 5.26 Å². The molecule has 0 saturated heterocycles. The molecule has 112 valence electrons. The van der Waals surface area contributed by atoms with Crippen molar-refractivity contribution in [1.29, 1.82) is 5.26 Å². The van der Waals surface area contributed by atoms with Crippen molar-refractivity contribution < 1.29 is 0 Å². The van der Waals surface area contributed by atoms with Gasteiger partial charge in [-0.3, -0.25) is 0 Å². The van der Waals surface area contributed by atoms with E-state index in [1.54, 1.807) is 6.08 Å². The molecule has 2 rings (SSSR count). The third kappa shape index (κ3) is 5.38. The minimum Gasteiger partial charge on any atom is -0.193 e. The monoisotopic (exact) mass is 281 g/mol. The van der Waals surface area contributed by atoms with Crippen molar-refractivity contribution in [3.63, 3.8) is 0 Å². The summed E-state index contributed by atoms with van der Waals surface area (Å²) in [5, 5.41) is 8.58. The first-order valence-electron chi connectivity index (χ1n) is 8.46. The lowest BCUT2D eigenvalue weighted by molar-refractivity contribution is 0.296. The number of rotatable bonds is 6. The zero-order valence-electron chi connectivity index (χ0n) is 13.2. The molecule has 0 atom stereocenters. The van der Waals surface area contributed by atoms with Gasteiger partial charge in [-0.05, 0) is 67.9 Å². The number of hydrogen-bond acceptors (Lipinski definition) is 1. The van der Waals surface area contributed by atoms with E-state index in [0.29, 0.717) is 5.92 Å². The smallest absolute Gasteiger partial charge is 0.0908 e. The standard InChI is InChI=1S/C20H27N/c1-2-4-17-6-10-19(11-7-17)14-15-20-12-8-18(9-13-20)5-3-16-21/h3,5-7,10-11,18,20H,2,4,8-9,12-15H2,1H3. The predicted octanol–water partition coefficient (Wildman–Crippen LogP) is 5.46. The highest BCUT2D eigenvalue weighted by atomic mass is 14.3. The van der Waals surface area contributed by atoms with Crippen LogP contribution in [0.15, 0.2) is 36.4 Å². The average Bonchev–Trinajstić information content (AvgIpc) is 2.53. The topological polar surface area (TPSA) is 23.8 Å². The molecule has 0 N–H and O–H groups in total. The fraction of sp³-hybridized carbons (Fsp3) is 0.550. The second-order valence-electron chi connectivity index (χ2n) is 6.37. The summed E-state index contributed by atoms with van der Waals surface area (Å²) >= 11 is 0. The lowest BCUT2D eigenvalue weighted by Crippen LogP contribution is -2.13. The highest BCUT2D eigenvalue weighted by molar-refractivity contribution is 5.22. The molecular formula is C20H27N. The third-order valence-electron chi connectivity index (χ3n) is 4.74. The van der Waals surface area contributed by atoms with Gasteiger partial charge in [-0.15, -0.1) is 0 Å². The van der Waals surface area contributed by atoms with Gasteiger partial charge in [0.25, 0.3) is 0 Å². The number of hydrogen-bond donors (Lipinski definition) is 0. The van der Waals surface area contributed by atoms with Crippen LogP contribution < -0.4 is 0 Å². The van der Waals surface area contributed by atoms with Crippen LogP contribution in [0.4, 0.5) is 0 Å². The fourth-order valence-electron chi connectivity index (χ4n) is 3.38. The number of allylic oxidation sites excluding steroid dienone is 2. The molecule has 1 aliphatic rings. The summed E-state index contributed by atoms with van der Waals surface area (Å²) in [6.45, 7) is 2.23. The molecule has 0 bridgehead atoms. The van der Waals surface area contributed by atoms with Crippen LogP contribution in [0.3, 0.4) is 0 Å². The molecule has 1 heteroatoms. The van der Waals surface area contributed by atoms with Gasteiger partial charge in [0.2, 0.25) is 0 Å². The van der Waals surface area contributed by atoms with E-state index < -0.39 is 0 Å². The first kappa shape index (κ1) is 15.8. The van der Waals surface area contributed by atoms with Crippen LogP contribution >= 0.6 is 0 Å². The van der Waals surface area contributed by atoms with Gasteiger partial charge in [0.15, 0.2) is 0 Å². The van der Waals surface area contributed by atoms with Gasteiger partial charge in [-0.1, -0.05) is 43.7 Å². The summed E-state index contributed by atoms with van der Waals surface area (Å²) in [4.78, 5) is 0. The Kier molecular flexibility index (Phi) is 6.54. The van der Waals surface area contributed by atoms with Crippen molar-refractivity contribution >= 4 is 0 Å². The summed E-state index contributed by atoms with van der Waals surface area (Å²) in [5.41, 5.74) is 2.95. The predicted molar refractivity (Wildman–Crippen MR) is 89.0 cm³/mol. The zero-order chi connectivity index (χ0) is 14.9. The Balaban J connectivity index is 1.72. The van der Waals surface area contributed by atoms with Gasteiger partial charge in [0.1, 0.15) is 0 Å². The van der Waals surface area contributed by atoms with Gasteiger partial charge >= 0.3 is 0 Å². The second kappa shape index (κ2) is 8.67. The second-order valence-corrected chi connectivity index (χ2v) is 6.37. The van der Waals surface area contributed by atoms with Gasteiger partial charge in [0, 0.05) is 6.08 Å². The highest BCUT2D eigenvalue weighted by Crippen LogP contribution is 2.32. The minimum absolute atomic E-state index is 0.647. The molecule has 1 aliphatic carbocycles. The SMILES string of the molecule is CCCc1ccc(CCC2CCC(C=CC#N)CC2)cc1. The molecule has 1 fully saturated rings. The van der Waals surface area contributed by atoms with E-state index >= 15 is 0 Å². The lowest BCUT2D eigenvalue weighted by atomic mass is 9.79. The molecule has 21 heavy (non-hydrogen) atoms. The maximum Gasteiger partial charge on any atom is 0.0908 e. The van der Waals surface area contributed by atoms with Gasteiger partial charge in [-0.25, -0.2) is 0 Å². The maximum atomic E-state index is 8.58. The number of benzene rings is 1. The number of aryl methyl sites for hydroxylation is 2. The van der Waals surface area contributed by atoms with Crippen LogP contribution in [-0.2, 0) is 12.8 Å². The van der Waals surface area contributed by atoms with Gasteiger partial charge in [-0.2, -0.15) is 5.26 Å². The van der Waals surface area contributed by atoms with E-state index in [2.05, 4.69) is 43.3 Å². The van der Waals surface area contributed by atoms with Crippen molar-refractivity contribution in [2.45, 2.75) is 58.3 Å². The number of nitriles is 1. The Morgan fingerprint density at radius 1 is 1.05 bits per heavy atom. The van der Waals surface area contributed by atoms with Crippen LogP contribution in [0.25, 0.3) is 0 Å². The normalized spacial score (nSPS) is 22.3. The summed E-state index contributed by atoms with van der Waals surface area (Å²) in [6.07, 6.45) is 13.9. The van der Waals surface area contributed by atoms with E-state index in [0.717, 1.165) is 5.92 Å². The quantitative estimate of drug-likeness (QED) is 0.635. The van der Waals surface area contributed by atoms with Crippen molar-refractivity contribution in [2.75, 3.05) is 0 Å². The molecule has 1 saturated carbocycles. The molecule has 1 aromatic carbocycles. The summed E-state index contributed by atoms with van der Waals surface area (Å²) in [6, 6.07) is 11.3. The van der Waals surface area contributed by atoms with Crippen LogP contribution in [0, 0.1) is 23.2 Å². The first-order valence-corrected chi connectivity index (χ1v) is 8.46. The zero-order valence-corrected chi connectivity index (χ0v) is 13.2. The Labute approximate surface area is 129 Å². The Hall–Kier alpha value is -1.55. The minimum atomic E-state index is 0.647.